The van der Waals surface area contributed by atoms with Gasteiger partial charge in [-0.15, -0.1) is 0 Å². The van der Waals surface area contributed by atoms with Crippen molar-refractivity contribution < 1.29 is 4.79 Å². The van der Waals surface area contributed by atoms with E-state index in [1.54, 1.807) is 36.5 Å². The summed E-state index contributed by atoms with van der Waals surface area (Å²) in [6.45, 7) is 2.04. The van der Waals surface area contributed by atoms with Crippen LogP contribution < -0.4 is 5.32 Å². The van der Waals surface area contributed by atoms with Crippen molar-refractivity contribution in [3.63, 3.8) is 0 Å². The summed E-state index contributed by atoms with van der Waals surface area (Å²) in [6.07, 6.45) is 6.74. The summed E-state index contributed by atoms with van der Waals surface area (Å²) in [5.74, 6) is -0.150. The number of nitrogens with zero attached hydrogens (tertiary/aromatic N) is 3. The molecule has 0 spiro atoms. The molecule has 0 aliphatic carbocycles. The smallest absolute Gasteiger partial charge is 0.255 e. The quantitative estimate of drug-likeness (QED) is 0.806. The Balaban J connectivity index is 1.96. The van der Waals surface area contributed by atoms with Crippen LogP contribution in [0.4, 0.5) is 0 Å². The zero-order valence-corrected chi connectivity index (χ0v) is 13.1. The van der Waals surface area contributed by atoms with E-state index in [0.717, 1.165) is 16.7 Å². The summed E-state index contributed by atoms with van der Waals surface area (Å²) >= 11 is 0. The summed E-state index contributed by atoms with van der Waals surface area (Å²) in [5, 5.41) is 7.15. The summed E-state index contributed by atoms with van der Waals surface area (Å²) < 4.78 is 1.62. The first-order chi connectivity index (χ1) is 11.1. The molecule has 23 heavy (non-hydrogen) atoms. The molecule has 2 aromatic heterocycles. The normalized spacial score (nSPS) is 11.9. The van der Waals surface area contributed by atoms with Gasteiger partial charge >= 0.3 is 0 Å². The molecule has 1 amide bonds. The fraction of sp³-hybridized carbons (Fsp3) is 0.167. The Hall–Kier alpha value is -2.95. The molecule has 0 aliphatic heterocycles. The van der Waals surface area contributed by atoms with Crippen molar-refractivity contribution in [2.75, 3.05) is 0 Å². The van der Waals surface area contributed by atoms with Gasteiger partial charge in [-0.05, 0) is 35.7 Å². The molecule has 0 aliphatic rings. The Morgan fingerprint density at radius 3 is 2.57 bits per heavy atom. The van der Waals surface area contributed by atoms with Crippen LogP contribution in [0.3, 0.4) is 0 Å². The lowest BCUT2D eigenvalue weighted by atomic mass is 9.95. The van der Waals surface area contributed by atoms with E-state index in [9.17, 15) is 4.79 Å². The van der Waals surface area contributed by atoms with Gasteiger partial charge in [0.25, 0.3) is 5.91 Å². The summed E-state index contributed by atoms with van der Waals surface area (Å²) in [5.41, 5.74) is 3.73. The molecule has 116 valence electrons. The highest BCUT2D eigenvalue weighted by Crippen LogP contribution is 2.24. The van der Waals surface area contributed by atoms with Crippen molar-refractivity contribution >= 4 is 5.91 Å². The van der Waals surface area contributed by atoms with Crippen LogP contribution in [0.1, 0.15) is 33.1 Å². The van der Waals surface area contributed by atoms with Gasteiger partial charge < -0.3 is 5.32 Å². The van der Waals surface area contributed by atoms with Crippen LogP contribution in [-0.2, 0) is 7.05 Å². The number of carbonyl (C=O) groups is 1. The topological polar surface area (TPSA) is 59.8 Å². The Morgan fingerprint density at radius 2 is 1.91 bits per heavy atom. The number of carbonyl (C=O) groups excluding carboxylic acids is 1. The molecular formula is C18H18N4O. The molecule has 0 unspecified atom stereocenters. The zero-order chi connectivity index (χ0) is 16.2. The van der Waals surface area contributed by atoms with Crippen LogP contribution in [-0.4, -0.2) is 20.7 Å². The molecule has 3 aromatic rings. The SMILES string of the molecule is Cc1ccccc1[C@H](NC(=O)c1cnn(C)c1)c1ccncc1. The van der Waals surface area contributed by atoms with Gasteiger partial charge in [0.2, 0.25) is 0 Å². The second-order valence-corrected chi connectivity index (χ2v) is 5.45. The van der Waals surface area contributed by atoms with Crippen LogP contribution in [0.2, 0.25) is 0 Å². The molecular weight excluding hydrogens is 288 g/mol. The molecule has 0 radical (unpaired) electrons. The van der Waals surface area contributed by atoms with Crippen molar-refractivity contribution in [2.45, 2.75) is 13.0 Å². The maximum atomic E-state index is 12.5. The third kappa shape index (κ3) is 3.29. The van der Waals surface area contributed by atoms with E-state index in [1.165, 1.54) is 0 Å². The fourth-order valence-electron chi connectivity index (χ4n) is 2.56. The van der Waals surface area contributed by atoms with Crippen molar-refractivity contribution in [1.82, 2.24) is 20.1 Å². The van der Waals surface area contributed by atoms with Crippen molar-refractivity contribution in [3.8, 4) is 0 Å². The molecule has 0 saturated heterocycles. The first-order valence-corrected chi connectivity index (χ1v) is 7.40. The third-order valence-electron chi connectivity index (χ3n) is 3.78. The molecule has 3 rings (SSSR count). The van der Waals surface area contributed by atoms with Gasteiger partial charge in [0, 0.05) is 25.6 Å². The lowest BCUT2D eigenvalue weighted by molar-refractivity contribution is 0.0943. The maximum Gasteiger partial charge on any atom is 0.255 e. The first kappa shape index (κ1) is 15.0. The fourth-order valence-corrected chi connectivity index (χ4v) is 2.56. The van der Waals surface area contributed by atoms with Crippen LogP contribution in [0.25, 0.3) is 0 Å². The lowest BCUT2D eigenvalue weighted by Crippen LogP contribution is -2.29. The summed E-state index contributed by atoms with van der Waals surface area (Å²) in [4.78, 5) is 16.6. The van der Waals surface area contributed by atoms with E-state index in [2.05, 4.69) is 15.4 Å². The number of aryl methyl sites for hydroxylation is 2. The monoisotopic (exact) mass is 306 g/mol. The summed E-state index contributed by atoms with van der Waals surface area (Å²) in [7, 11) is 1.79. The van der Waals surface area contributed by atoms with E-state index in [0.29, 0.717) is 5.56 Å². The third-order valence-corrected chi connectivity index (χ3v) is 3.78. The van der Waals surface area contributed by atoms with Gasteiger partial charge in [-0.2, -0.15) is 5.10 Å². The highest BCUT2D eigenvalue weighted by Gasteiger charge is 2.19. The number of hydrogen-bond acceptors (Lipinski definition) is 3. The number of nitrogens with one attached hydrogen (secondary N) is 1. The standard InChI is InChI=1S/C18H18N4O/c1-13-5-3-4-6-16(13)17(14-7-9-19-10-8-14)21-18(23)15-11-20-22(2)12-15/h3-12,17H,1-2H3,(H,21,23)/t17-/m1/s1. The minimum atomic E-state index is -0.230. The average Bonchev–Trinajstić information content (AvgIpc) is 3.01. The molecule has 5 heteroatoms. The van der Waals surface area contributed by atoms with Crippen LogP contribution in [0, 0.1) is 6.92 Å². The van der Waals surface area contributed by atoms with Gasteiger partial charge in [0.05, 0.1) is 17.8 Å². The largest absolute Gasteiger partial charge is 0.341 e. The van der Waals surface area contributed by atoms with Gasteiger partial charge in [-0.3, -0.25) is 14.5 Å². The van der Waals surface area contributed by atoms with E-state index >= 15 is 0 Å². The Kier molecular flexibility index (Phi) is 4.19. The molecule has 1 N–H and O–H groups in total. The van der Waals surface area contributed by atoms with Crippen LogP contribution in [0.5, 0.6) is 0 Å². The Bertz CT molecular complexity index is 811. The zero-order valence-electron chi connectivity index (χ0n) is 13.1. The highest BCUT2D eigenvalue weighted by molar-refractivity contribution is 5.94. The Labute approximate surface area is 135 Å². The minimum absolute atomic E-state index is 0.150. The van der Waals surface area contributed by atoms with E-state index in [4.69, 9.17) is 0 Å². The number of aromatic nitrogens is 3. The molecule has 1 atom stereocenters. The first-order valence-electron chi connectivity index (χ1n) is 7.40. The lowest BCUT2D eigenvalue weighted by Gasteiger charge is -2.21. The van der Waals surface area contributed by atoms with Gasteiger partial charge in [0.1, 0.15) is 0 Å². The maximum absolute atomic E-state index is 12.5. The molecule has 1 aromatic carbocycles. The number of amides is 1. The number of rotatable bonds is 4. The second kappa shape index (κ2) is 6.44. The predicted octanol–water partition coefficient (Wildman–Crippen LogP) is 2.64. The molecule has 0 saturated carbocycles. The van der Waals surface area contributed by atoms with Gasteiger partial charge in [-0.25, -0.2) is 0 Å². The van der Waals surface area contributed by atoms with Crippen molar-refractivity contribution in [2.24, 2.45) is 7.05 Å². The van der Waals surface area contributed by atoms with Crippen molar-refractivity contribution in [3.05, 3.63) is 83.4 Å². The summed E-state index contributed by atoms with van der Waals surface area (Å²) in [6, 6.07) is 11.6. The van der Waals surface area contributed by atoms with Crippen molar-refractivity contribution in [1.29, 1.82) is 0 Å². The molecule has 0 fully saturated rings. The molecule has 0 bridgehead atoms. The van der Waals surface area contributed by atoms with E-state index in [-0.39, 0.29) is 11.9 Å². The highest BCUT2D eigenvalue weighted by atomic mass is 16.1. The number of hydrogen-bond donors (Lipinski definition) is 1. The number of benzene rings is 1. The van der Waals surface area contributed by atoms with Crippen LogP contribution in [0.15, 0.2) is 61.2 Å². The van der Waals surface area contributed by atoms with E-state index < -0.39 is 0 Å². The Morgan fingerprint density at radius 1 is 1.17 bits per heavy atom. The second-order valence-electron chi connectivity index (χ2n) is 5.45. The predicted molar refractivity (Wildman–Crippen MR) is 87.9 cm³/mol. The molecule has 5 nitrogen and oxygen atoms in total. The molecule has 2 heterocycles. The van der Waals surface area contributed by atoms with E-state index in [1.807, 2.05) is 43.3 Å². The van der Waals surface area contributed by atoms with Crippen LogP contribution >= 0.6 is 0 Å². The average molecular weight is 306 g/mol. The number of pyridine rings is 1. The van der Waals surface area contributed by atoms with Gasteiger partial charge in [-0.1, -0.05) is 24.3 Å². The van der Waals surface area contributed by atoms with Gasteiger partial charge in [0.15, 0.2) is 0 Å². The minimum Gasteiger partial charge on any atom is -0.341 e.